The lowest BCUT2D eigenvalue weighted by atomic mass is 10.1. The maximum atomic E-state index is 5.86. The smallest absolute Gasteiger partial charge is 0.286 e. The summed E-state index contributed by atoms with van der Waals surface area (Å²) in [6, 6.07) is 16.4. The summed E-state index contributed by atoms with van der Waals surface area (Å²) in [4.78, 5) is 9.27. The third-order valence-electron chi connectivity index (χ3n) is 4.40. The molecular weight excluding hydrogens is 326 g/mol. The molecule has 2 aromatic heterocycles. The van der Waals surface area contributed by atoms with Gasteiger partial charge in [-0.25, -0.2) is 9.97 Å². The standard InChI is InChI=1S/C20H17N5O/c1-12-5-4-6-13(11-12)19-24-25-20(26-19)18-22-16-8-3-2-7-15(16)17(23-18)21-14-9-10-14/h2-8,11,14H,9-10H2,1H3,(H,21,22,23). The Morgan fingerprint density at radius 1 is 0.962 bits per heavy atom. The zero-order valence-electron chi connectivity index (χ0n) is 14.3. The molecule has 0 spiro atoms. The van der Waals surface area contributed by atoms with E-state index in [9.17, 15) is 0 Å². The van der Waals surface area contributed by atoms with Crippen molar-refractivity contribution in [3.8, 4) is 23.2 Å². The van der Waals surface area contributed by atoms with Crippen molar-refractivity contribution in [2.24, 2.45) is 0 Å². The Labute approximate surface area is 150 Å². The number of para-hydroxylation sites is 1. The third-order valence-corrected chi connectivity index (χ3v) is 4.40. The van der Waals surface area contributed by atoms with Crippen LogP contribution in [-0.2, 0) is 0 Å². The Morgan fingerprint density at radius 2 is 1.81 bits per heavy atom. The van der Waals surface area contributed by atoms with Crippen LogP contribution in [0.25, 0.3) is 34.1 Å². The van der Waals surface area contributed by atoms with E-state index >= 15 is 0 Å². The van der Waals surface area contributed by atoms with Crippen molar-refractivity contribution >= 4 is 16.7 Å². The fourth-order valence-corrected chi connectivity index (χ4v) is 2.91. The van der Waals surface area contributed by atoms with Crippen LogP contribution in [-0.4, -0.2) is 26.2 Å². The quantitative estimate of drug-likeness (QED) is 0.597. The monoisotopic (exact) mass is 343 g/mol. The van der Waals surface area contributed by atoms with Gasteiger partial charge in [0.25, 0.3) is 5.89 Å². The van der Waals surface area contributed by atoms with Gasteiger partial charge in [-0.2, -0.15) is 0 Å². The number of aromatic nitrogens is 4. The third kappa shape index (κ3) is 2.79. The van der Waals surface area contributed by atoms with E-state index in [0.717, 1.165) is 27.8 Å². The predicted octanol–water partition coefficient (Wildman–Crippen LogP) is 4.23. The summed E-state index contributed by atoms with van der Waals surface area (Å²) in [6.07, 6.45) is 2.34. The lowest BCUT2D eigenvalue weighted by molar-refractivity contribution is 0.579. The SMILES string of the molecule is Cc1cccc(-c2nnc(-c3nc(NC4CC4)c4ccccc4n3)o2)c1. The van der Waals surface area contributed by atoms with Gasteiger partial charge in [-0.3, -0.25) is 0 Å². The maximum absolute atomic E-state index is 5.86. The highest BCUT2D eigenvalue weighted by molar-refractivity contribution is 5.90. The minimum absolute atomic E-state index is 0.325. The number of fused-ring (bicyclic) bond motifs is 1. The highest BCUT2D eigenvalue weighted by Crippen LogP contribution is 2.30. The van der Waals surface area contributed by atoms with Gasteiger partial charge in [-0.1, -0.05) is 29.8 Å². The Hall–Kier alpha value is -3.28. The summed E-state index contributed by atoms with van der Waals surface area (Å²) in [5.74, 6) is 2.06. The van der Waals surface area contributed by atoms with Gasteiger partial charge in [0.2, 0.25) is 11.7 Å². The van der Waals surface area contributed by atoms with Crippen LogP contribution in [0.5, 0.6) is 0 Å². The summed E-state index contributed by atoms with van der Waals surface area (Å²) in [5, 5.41) is 12.8. The van der Waals surface area contributed by atoms with Gasteiger partial charge in [0.05, 0.1) is 5.52 Å². The van der Waals surface area contributed by atoms with Crippen LogP contribution in [0.15, 0.2) is 52.9 Å². The molecule has 6 nitrogen and oxygen atoms in total. The average Bonchev–Trinajstić information content (AvgIpc) is 3.33. The van der Waals surface area contributed by atoms with Crippen molar-refractivity contribution < 1.29 is 4.42 Å². The van der Waals surface area contributed by atoms with Crippen LogP contribution in [0.2, 0.25) is 0 Å². The number of benzene rings is 2. The number of hydrogen-bond acceptors (Lipinski definition) is 6. The fraction of sp³-hybridized carbons (Fsp3) is 0.200. The summed E-state index contributed by atoms with van der Waals surface area (Å²) >= 11 is 0. The van der Waals surface area contributed by atoms with Crippen LogP contribution >= 0.6 is 0 Å². The van der Waals surface area contributed by atoms with Crippen LogP contribution in [0.3, 0.4) is 0 Å². The predicted molar refractivity (Wildman–Crippen MR) is 99.6 cm³/mol. The number of anilines is 1. The van der Waals surface area contributed by atoms with Crippen LogP contribution in [0.4, 0.5) is 5.82 Å². The molecule has 1 aliphatic rings. The van der Waals surface area contributed by atoms with Crippen molar-refractivity contribution in [3.05, 3.63) is 54.1 Å². The Bertz CT molecular complexity index is 1100. The zero-order valence-corrected chi connectivity index (χ0v) is 14.3. The molecule has 2 heterocycles. The fourth-order valence-electron chi connectivity index (χ4n) is 2.91. The molecule has 0 atom stereocenters. The number of hydrogen-bond donors (Lipinski definition) is 1. The molecule has 5 rings (SSSR count). The van der Waals surface area contributed by atoms with E-state index in [2.05, 4.69) is 25.5 Å². The van der Waals surface area contributed by atoms with E-state index in [1.807, 2.05) is 55.5 Å². The number of nitrogens with zero attached hydrogens (tertiary/aromatic N) is 4. The molecule has 1 aliphatic carbocycles. The molecular formula is C20H17N5O. The summed E-state index contributed by atoms with van der Waals surface area (Å²) in [5.41, 5.74) is 2.89. The van der Waals surface area contributed by atoms with Crippen molar-refractivity contribution in [3.63, 3.8) is 0 Å². The second-order valence-corrected chi connectivity index (χ2v) is 6.61. The molecule has 1 N–H and O–H groups in total. The summed E-state index contributed by atoms with van der Waals surface area (Å²) < 4.78 is 5.86. The molecule has 1 fully saturated rings. The largest absolute Gasteiger partial charge is 0.413 e. The minimum atomic E-state index is 0.325. The van der Waals surface area contributed by atoms with Gasteiger partial charge in [0.15, 0.2) is 0 Å². The van der Waals surface area contributed by atoms with E-state index in [1.54, 1.807) is 0 Å². The van der Waals surface area contributed by atoms with Crippen molar-refractivity contribution in [2.45, 2.75) is 25.8 Å². The molecule has 2 aromatic carbocycles. The van der Waals surface area contributed by atoms with E-state index in [-0.39, 0.29) is 0 Å². The van der Waals surface area contributed by atoms with Crippen molar-refractivity contribution in [2.75, 3.05) is 5.32 Å². The Kier molecular flexibility index (Phi) is 3.41. The molecule has 4 aromatic rings. The molecule has 0 saturated heterocycles. The first-order valence-electron chi connectivity index (χ1n) is 8.70. The maximum Gasteiger partial charge on any atom is 0.286 e. The van der Waals surface area contributed by atoms with Gasteiger partial charge in [0, 0.05) is 17.0 Å². The molecule has 1 saturated carbocycles. The number of aryl methyl sites for hydroxylation is 1. The van der Waals surface area contributed by atoms with E-state index in [0.29, 0.717) is 23.6 Å². The second kappa shape index (κ2) is 5.91. The van der Waals surface area contributed by atoms with Crippen molar-refractivity contribution in [1.29, 1.82) is 0 Å². The topological polar surface area (TPSA) is 76.7 Å². The lowest BCUT2D eigenvalue weighted by Crippen LogP contribution is -2.05. The lowest BCUT2D eigenvalue weighted by Gasteiger charge is -2.08. The second-order valence-electron chi connectivity index (χ2n) is 6.61. The molecule has 0 bridgehead atoms. The molecule has 26 heavy (non-hydrogen) atoms. The van der Waals surface area contributed by atoms with Crippen LogP contribution in [0.1, 0.15) is 18.4 Å². The molecule has 0 aliphatic heterocycles. The molecule has 128 valence electrons. The van der Waals surface area contributed by atoms with Crippen LogP contribution in [0, 0.1) is 6.92 Å². The first-order valence-corrected chi connectivity index (χ1v) is 8.70. The van der Waals surface area contributed by atoms with Crippen molar-refractivity contribution in [1.82, 2.24) is 20.2 Å². The summed E-state index contributed by atoms with van der Waals surface area (Å²) in [6.45, 7) is 2.03. The van der Waals surface area contributed by atoms with Gasteiger partial charge in [-0.15, -0.1) is 10.2 Å². The Balaban J connectivity index is 1.58. The van der Waals surface area contributed by atoms with E-state index < -0.39 is 0 Å². The molecule has 0 amide bonds. The molecule has 6 heteroatoms. The van der Waals surface area contributed by atoms with Gasteiger partial charge in [-0.05, 0) is 44.0 Å². The van der Waals surface area contributed by atoms with Gasteiger partial charge in [0.1, 0.15) is 5.82 Å². The first kappa shape index (κ1) is 15.0. The highest BCUT2D eigenvalue weighted by Gasteiger charge is 2.23. The zero-order chi connectivity index (χ0) is 17.5. The highest BCUT2D eigenvalue weighted by atomic mass is 16.4. The first-order chi connectivity index (χ1) is 12.8. The normalized spacial score (nSPS) is 13.9. The van der Waals surface area contributed by atoms with Gasteiger partial charge >= 0.3 is 0 Å². The number of rotatable bonds is 4. The minimum Gasteiger partial charge on any atom is -0.413 e. The Morgan fingerprint density at radius 3 is 2.65 bits per heavy atom. The van der Waals surface area contributed by atoms with Gasteiger partial charge < -0.3 is 9.73 Å². The van der Waals surface area contributed by atoms with Crippen LogP contribution < -0.4 is 5.32 Å². The van der Waals surface area contributed by atoms with E-state index in [4.69, 9.17) is 4.42 Å². The molecule has 0 radical (unpaired) electrons. The average molecular weight is 343 g/mol. The summed E-state index contributed by atoms with van der Waals surface area (Å²) in [7, 11) is 0. The molecule has 0 unspecified atom stereocenters. The number of nitrogens with one attached hydrogen (secondary N) is 1. The van der Waals surface area contributed by atoms with E-state index in [1.165, 1.54) is 12.8 Å².